The van der Waals surface area contributed by atoms with E-state index in [4.69, 9.17) is 11.6 Å². The number of halogens is 2. The van der Waals surface area contributed by atoms with Gasteiger partial charge in [-0.25, -0.2) is 0 Å². The van der Waals surface area contributed by atoms with Gasteiger partial charge in [-0.3, -0.25) is 0 Å². The largest absolute Gasteiger partial charge is 0.303 e. The molecule has 1 heterocycles. The molecule has 0 radical (unpaired) electrons. The highest BCUT2D eigenvalue weighted by Gasteiger charge is 2.35. The second-order valence-electron chi connectivity index (χ2n) is 3.80. The second kappa shape index (κ2) is 3.99. The van der Waals surface area contributed by atoms with E-state index in [1.807, 2.05) is 0 Å². The Morgan fingerprint density at radius 2 is 2.21 bits per heavy atom. The van der Waals surface area contributed by atoms with Crippen molar-refractivity contribution in [3.05, 3.63) is 35.4 Å². The Kier molecular flexibility index (Phi) is 3.05. The van der Waals surface area contributed by atoms with Gasteiger partial charge in [0.1, 0.15) is 0 Å². The lowest BCUT2D eigenvalue weighted by atomic mass is 9.95. The van der Waals surface area contributed by atoms with Crippen molar-refractivity contribution in [2.75, 3.05) is 6.54 Å². The standard InChI is InChI=1S/C11H13ClIN/c1-11(12)9-5-3-2-4-8(9)6-7-14-10(11)13/h2-5,10,14H,6-7H2,1H3. The zero-order chi connectivity index (χ0) is 10.2. The molecule has 1 aromatic rings. The smallest absolute Gasteiger partial charge is 0.0913 e. The van der Waals surface area contributed by atoms with Crippen LogP contribution in [0.3, 0.4) is 0 Å². The predicted molar refractivity (Wildman–Crippen MR) is 69.2 cm³/mol. The molecule has 1 nitrogen and oxygen atoms in total. The minimum atomic E-state index is -0.298. The maximum Gasteiger partial charge on any atom is 0.0913 e. The number of hydrogen-bond acceptors (Lipinski definition) is 1. The fourth-order valence-electron chi connectivity index (χ4n) is 1.88. The fraction of sp³-hybridized carbons (Fsp3) is 0.455. The number of hydrogen-bond donors (Lipinski definition) is 1. The Labute approximate surface area is 103 Å². The second-order valence-corrected chi connectivity index (χ2v) is 5.83. The van der Waals surface area contributed by atoms with Gasteiger partial charge in [0.15, 0.2) is 0 Å². The van der Waals surface area contributed by atoms with Crippen LogP contribution in [-0.4, -0.2) is 10.6 Å². The summed E-state index contributed by atoms with van der Waals surface area (Å²) in [6, 6.07) is 8.46. The summed E-state index contributed by atoms with van der Waals surface area (Å²) in [7, 11) is 0. The molecule has 0 fully saturated rings. The highest BCUT2D eigenvalue weighted by molar-refractivity contribution is 14.1. The van der Waals surface area contributed by atoms with Crippen LogP contribution in [0.15, 0.2) is 24.3 Å². The summed E-state index contributed by atoms with van der Waals surface area (Å²) in [6.07, 6.45) is 1.07. The van der Waals surface area contributed by atoms with Crippen LogP contribution in [0.2, 0.25) is 0 Å². The SMILES string of the molecule is CC1(Cl)c2ccccc2CCNC1I. The highest BCUT2D eigenvalue weighted by Crippen LogP contribution is 2.38. The van der Waals surface area contributed by atoms with Crippen molar-refractivity contribution >= 4 is 34.2 Å². The molecule has 0 aromatic heterocycles. The molecular weight excluding hydrogens is 308 g/mol. The van der Waals surface area contributed by atoms with Crippen LogP contribution in [0.25, 0.3) is 0 Å². The van der Waals surface area contributed by atoms with Crippen molar-refractivity contribution in [1.29, 1.82) is 0 Å². The van der Waals surface area contributed by atoms with Crippen LogP contribution in [0, 0.1) is 0 Å². The molecule has 2 unspecified atom stereocenters. The fourth-order valence-corrected chi connectivity index (χ4v) is 2.79. The van der Waals surface area contributed by atoms with E-state index in [2.05, 4.69) is 59.1 Å². The lowest BCUT2D eigenvalue weighted by molar-refractivity contribution is 0.573. The number of alkyl halides is 2. The van der Waals surface area contributed by atoms with Crippen molar-refractivity contribution in [2.45, 2.75) is 22.3 Å². The number of fused-ring (bicyclic) bond motifs is 1. The molecule has 1 aliphatic heterocycles. The molecule has 2 rings (SSSR count). The third kappa shape index (κ3) is 1.79. The van der Waals surface area contributed by atoms with Crippen molar-refractivity contribution in [2.24, 2.45) is 0 Å². The lowest BCUT2D eigenvalue weighted by Gasteiger charge is -2.28. The maximum atomic E-state index is 6.59. The van der Waals surface area contributed by atoms with E-state index in [0.29, 0.717) is 0 Å². The van der Waals surface area contributed by atoms with Gasteiger partial charge in [0.2, 0.25) is 0 Å². The minimum absolute atomic E-state index is 0.283. The molecule has 1 N–H and O–H groups in total. The van der Waals surface area contributed by atoms with Crippen molar-refractivity contribution in [3.63, 3.8) is 0 Å². The average molecular weight is 322 g/mol. The predicted octanol–water partition coefficient (Wildman–Crippen LogP) is 3.05. The number of benzene rings is 1. The van der Waals surface area contributed by atoms with E-state index in [1.54, 1.807) is 0 Å². The molecule has 76 valence electrons. The quantitative estimate of drug-likeness (QED) is 0.440. The van der Waals surface area contributed by atoms with Crippen LogP contribution in [0.5, 0.6) is 0 Å². The van der Waals surface area contributed by atoms with Crippen LogP contribution >= 0.6 is 34.2 Å². The van der Waals surface area contributed by atoms with Crippen LogP contribution < -0.4 is 5.32 Å². The maximum absolute atomic E-state index is 6.59. The van der Waals surface area contributed by atoms with Gasteiger partial charge in [-0.05, 0) is 24.5 Å². The first-order valence-electron chi connectivity index (χ1n) is 4.77. The molecule has 0 amide bonds. The van der Waals surface area contributed by atoms with Gasteiger partial charge < -0.3 is 5.32 Å². The van der Waals surface area contributed by atoms with E-state index in [-0.39, 0.29) is 8.92 Å². The Balaban J connectivity index is 2.51. The third-order valence-corrected chi connectivity index (χ3v) is 5.21. The van der Waals surface area contributed by atoms with Crippen LogP contribution in [0.4, 0.5) is 0 Å². The molecular formula is C11H13ClIN. The zero-order valence-corrected chi connectivity index (χ0v) is 11.0. The van der Waals surface area contributed by atoms with Crippen LogP contribution in [0.1, 0.15) is 18.1 Å². The molecule has 14 heavy (non-hydrogen) atoms. The third-order valence-electron chi connectivity index (χ3n) is 2.74. The first kappa shape index (κ1) is 10.7. The van der Waals surface area contributed by atoms with Gasteiger partial charge in [-0.1, -0.05) is 46.9 Å². The van der Waals surface area contributed by atoms with Gasteiger partial charge in [-0.2, -0.15) is 0 Å². The summed E-state index contributed by atoms with van der Waals surface area (Å²) in [5.74, 6) is 0. The average Bonchev–Trinajstić information content (AvgIpc) is 2.27. The van der Waals surface area contributed by atoms with Gasteiger partial charge in [0, 0.05) is 6.54 Å². The van der Waals surface area contributed by atoms with Crippen molar-refractivity contribution in [3.8, 4) is 0 Å². The summed E-state index contributed by atoms with van der Waals surface area (Å²) in [4.78, 5) is -0.298. The van der Waals surface area contributed by atoms with Crippen LogP contribution in [-0.2, 0) is 11.3 Å². The van der Waals surface area contributed by atoms with Gasteiger partial charge >= 0.3 is 0 Å². The van der Waals surface area contributed by atoms with Crippen molar-refractivity contribution < 1.29 is 0 Å². The Hall–Kier alpha value is 0.200. The highest BCUT2D eigenvalue weighted by atomic mass is 127. The summed E-state index contributed by atoms with van der Waals surface area (Å²) in [6.45, 7) is 3.09. The lowest BCUT2D eigenvalue weighted by Crippen LogP contribution is -2.37. The first-order valence-corrected chi connectivity index (χ1v) is 6.39. The Morgan fingerprint density at radius 1 is 1.50 bits per heavy atom. The van der Waals surface area contributed by atoms with Gasteiger partial charge in [-0.15, -0.1) is 11.6 Å². The number of nitrogens with one attached hydrogen (secondary N) is 1. The molecule has 0 spiro atoms. The van der Waals surface area contributed by atoms with E-state index in [1.165, 1.54) is 11.1 Å². The summed E-state index contributed by atoms with van der Waals surface area (Å²) in [5.41, 5.74) is 2.64. The molecule has 1 aromatic carbocycles. The topological polar surface area (TPSA) is 12.0 Å². The summed E-state index contributed by atoms with van der Waals surface area (Å²) < 4.78 is 0.283. The minimum Gasteiger partial charge on any atom is -0.303 e. The number of rotatable bonds is 0. The molecule has 0 aliphatic carbocycles. The van der Waals surface area contributed by atoms with Crippen molar-refractivity contribution in [1.82, 2.24) is 5.32 Å². The van der Waals surface area contributed by atoms with Gasteiger partial charge in [0.05, 0.1) is 8.92 Å². The van der Waals surface area contributed by atoms with E-state index in [9.17, 15) is 0 Å². The molecule has 1 aliphatic rings. The molecule has 0 bridgehead atoms. The molecule has 2 atom stereocenters. The molecule has 0 saturated heterocycles. The zero-order valence-electron chi connectivity index (χ0n) is 8.06. The molecule has 3 heteroatoms. The van der Waals surface area contributed by atoms with E-state index < -0.39 is 0 Å². The van der Waals surface area contributed by atoms with Gasteiger partial charge in [0.25, 0.3) is 0 Å². The van der Waals surface area contributed by atoms with E-state index in [0.717, 1.165) is 13.0 Å². The van der Waals surface area contributed by atoms with E-state index >= 15 is 0 Å². The monoisotopic (exact) mass is 321 g/mol. The summed E-state index contributed by atoms with van der Waals surface area (Å²) >= 11 is 8.97. The first-order chi connectivity index (χ1) is 6.62. The Morgan fingerprint density at radius 3 is 3.00 bits per heavy atom. The molecule has 0 saturated carbocycles. The summed E-state index contributed by atoms with van der Waals surface area (Å²) in [5, 5.41) is 3.44. The normalized spacial score (nSPS) is 32.1. The Bertz CT molecular complexity index is 338.